The summed E-state index contributed by atoms with van der Waals surface area (Å²) in [5.41, 5.74) is 4.78. The van der Waals surface area contributed by atoms with E-state index >= 15 is 0 Å². The Kier molecular flexibility index (Phi) is 4.76. The lowest BCUT2D eigenvalue weighted by atomic mass is 9.99. The monoisotopic (exact) mass is 321 g/mol. The van der Waals surface area contributed by atoms with Crippen molar-refractivity contribution in [3.63, 3.8) is 0 Å². The molecule has 3 aromatic rings. The highest BCUT2D eigenvalue weighted by Crippen LogP contribution is 2.24. The normalized spacial score (nSPS) is 13.7. The second-order valence-corrected chi connectivity index (χ2v) is 6.28. The summed E-state index contributed by atoms with van der Waals surface area (Å²) in [4.78, 5) is 0. The zero-order valence-corrected chi connectivity index (χ0v) is 14.6. The molecule has 0 spiro atoms. The van der Waals surface area contributed by atoms with E-state index in [1.807, 2.05) is 37.3 Å². The maximum absolute atomic E-state index is 5.84. The first-order valence-electron chi connectivity index (χ1n) is 8.26. The van der Waals surface area contributed by atoms with Gasteiger partial charge in [0.1, 0.15) is 0 Å². The first-order chi connectivity index (χ1) is 11.5. The topological polar surface area (TPSA) is 51.0 Å². The molecule has 4 nitrogen and oxygen atoms in total. The van der Waals surface area contributed by atoms with Crippen LogP contribution in [0.25, 0.3) is 11.5 Å². The van der Waals surface area contributed by atoms with Gasteiger partial charge in [0.2, 0.25) is 11.8 Å². The fraction of sp³-hybridized carbons (Fsp3) is 0.300. The lowest BCUT2D eigenvalue weighted by Gasteiger charge is -2.20. The van der Waals surface area contributed by atoms with E-state index < -0.39 is 0 Å². The van der Waals surface area contributed by atoms with Gasteiger partial charge in [-0.25, -0.2) is 0 Å². The van der Waals surface area contributed by atoms with Crippen molar-refractivity contribution in [1.82, 2.24) is 15.5 Å². The number of hydrogen-bond acceptors (Lipinski definition) is 4. The molecule has 0 aliphatic rings. The average molecular weight is 321 g/mol. The molecule has 0 unspecified atom stereocenters. The standard InChI is InChI=1S/C20H23N3O/c1-13-10-11-14(2)18(12-13)15(3)21-16(4)19-22-23-20(24-19)17-8-6-5-7-9-17/h5-12,15-16,21H,1-4H3/t15-,16-/m1/s1. The molecule has 1 aromatic heterocycles. The van der Waals surface area contributed by atoms with Crippen LogP contribution in [-0.2, 0) is 0 Å². The molecule has 3 rings (SSSR count). The molecule has 0 amide bonds. The van der Waals surface area contributed by atoms with Crippen molar-refractivity contribution >= 4 is 0 Å². The van der Waals surface area contributed by atoms with E-state index in [0.717, 1.165) is 5.56 Å². The van der Waals surface area contributed by atoms with Gasteiger partial charge in [0, 0.05) is 11.6 Å². The fourth-order valence-corrected chi connectivity index (χ4v) is 2.87. The van der Waals surface area contributed by atoms with Crippen molar-refractivity contribution < 1.29 is 4.42 Å². The van der Waals surface area contributed by atoms with E-state index in [-0.39, 0.29) is 12.1 Å². The molecule has 0 saturated heterocycles. The largest absolute Gasteiger partial charge is 0.419 e. The van der Waals surface area contributed by atoms with E-state index in [0.29, 0.717) is 11.8 Å². The van der Waals surface area contributed by atoms with Gasteiger partial charge in [-0.05, 0) is 51.0 Å². The van der Waals surface area contributed by atoms with Crippen LogP contribution in [0.3, 0.4) is 0 Å². The van der Waals surface area contributed by atoms with Gasteiger partial charge in [-0.3, -0.25) is 5.32 Å². The summed E-state index contributed by atoms with van der Waals surface area (Å²) in [6.45, 7) is 8.46. The number of nitrogens with one attached hydrogen (secondary N) is 1. The third-order valence-electron chi connectivity index (χ3n) is 4.23. The predicted octanol–water partition coefficient (Wildman–Crippen LogP) is 4.77. The lowest BCUT2D eigenvalue weighted by molar-refractivity contribution is 0.394. The highest BCUT2D eigenvalue weighted by Gasteiger charge is 2.18. The summed E-state index contributed by atoms with van der Waals surface area (Å²) in [5, 5.41) is 11.9. The summed E-state index contributed by atoms with van der Waals surface area (Å²) in [7, 11) is 0. The number of aryl methyl sites for hydroxylation is 2. The number of rotatable bonds is 5. The highest BCUT2D eigenvalue weighted by molar-refractivity contribution is 5.51. The Hall–Kier alpha value is -2.46. The van der Waals surface area contributed by atoms with Crippen molar-refractivity contribution in [2.45, 2.75) is 39.8 Å². The number of nitrogens with zero attached hydrogens (tertiary/aromatic N) is 2. The summed E-state index contributed by atoms with van der Waals surface area (Å²) < 4.78 is 5.84. The molecule has 2 aromatic carbocycles. The third-order valence-corrected chi connectivity index (χ3v) is 4.23. The van der Waals surface area contributed by atoms with Crippen LogP contribution in [0.5, 0.6) is 0 Å². The Bertz CT molecular complexity index is 811. The zero-order valence-electron chi connectivity index (χ0n) is 14.6. The van der Waals surface area contributed by atoms with Crippen LogP contribution in [0, 0.1) is 13.8 Å². The molecule has 0 bridgehead atoms. The second-order valence-electron chi connectivity index (χ2n) is 6.28. The summed E-state index contributed by atoms with van der Waals surface area (Å²) >= 11 is 0. The van der Waals surface area contributed by atoms with Gasteiger partial charge in [0.05, 0.1) is 6.04 Å². The molecule has 0 fully saturated rings. The number of benzene rings is 2. The predicted molar refractivity (Wildman–Crippen MR) is 95.6 cm³/mol. The van der Waals surface area contributed by atoms with Gasteiger partial charge < -0.3 is 4.42 Å². The smallest absolute Gasteiger partial charge is 0.247 e. The Balaban J connectivity index is 1.74. The highest BCUT2D eigenvalue weighted by atomic mass is 16.4. The quantitative estimate of drug-likeness (QED) is 0.735. The van der Waals surface area contributed by atoms with Gasteiger partial charge in [-0.1, -0.05) is 42.0 Å². The van der Waals surface area contributed by atoms with Gasteiger partial charge in [0.25, 0.3) is 0 Å². The van der Waals surface area contributed by atoms with E-state index in [4.69, 9.17) is 4.42 Å². The van der Waals surface area contributed by atoms with Gasteiger partial charge in [-0.15, -0.1) is 10.2 Å². The van der Waals surface area contributed by atoms with Gasteiger partial charge in [0.15, 0.2) is 0 Å². The van der Waals surface area contributed by atoms with Crippen LogP contribution >= 0.6 is 0 Å². The van der Waals surface area contributed by atoms with Crippen molar-refractivity contribution in [2.75, 3.05) is 0 Å². The Morgan fingerprint density at radius 1 is 0.917 bits per heavy atom. The summed E-state index contributed by atoms with van der Waals surface area (Å²) in [5.74, 6) is 1.16. The minimum atomic E-state index is -0.0233. The molecule has 4 heteroatoms. The van der Waals surface area contributed by atoms with Crippen LogP contribution < -0.4 is 5.32 Å². The summed E-state index contributed by atoms with van der Waals surface area (Å²) in [6.07, 6.45) is 0. The SMILES string of the molecule is Cc1ccc(C)c([C@@H](C)N[C@H](C)c2nnc(-c3ccccc3)o2)c1. The molecular weight excluding hydrogens is 298 g/mol. The van der Waals surface area contributed by atoms with E-state index in [1.165, 1.54) is 16.7 Å². The Labute approximate surface area is 142 Å². The van der Waals surface area contributed by atoms with Gasteiger partial charge >= 0.3 is 0 Å². The first-order valence-corrected chi connectivity index (χ1v) is 8.26. The molecule has 0 aliphatic carbocycles. The van der Waals surface area contributed by atoms with Crippen LogP contribution in [0.15, 0.2) is 52.9 Å². The van der Waals surface area contributed by atoms with Crippen LogP contribution in [0.4, 0.5) is 0 Å². The van der Waals surface area contributed by atoms with Crippen molar-refractivity contribution in [3.8, 4) is 11.5 Å². The van der Waals surface area contributed by atoms with Crippen LogP contribution in [-0.4, -0.2) is 10.2 Å². The molecule has 2 atom stereocenters. The van der Waals surface area contributed by atoms with E-state index in [9.17, 15) is 0 Å². The molecule has 124 valence electrons. The van der Waals surface area contributed by atoms with E-state index in [1.54, 1.807) is 0 Å². The zero-order chi connectivity index (χ0) is 17.1. The molecular formula is C20H23N3O. The molecule has 0 radical (unpaired) electrons. The average Bonchev–Trinajstić information content (AvgIpc) is 3.08. The van der Waals surface area contributed by atoms with Crippen LogP contribution in [0.2, 0.25) is 0 Å². The maximum atomic E-state index is 5.84. The molecule has 1 N–H and O–H groups in total. The van der Waals surface area contributed by atoms with E-state index in [2.05, 4.69) is 54.5 Å². The first kappa shape index (κ1) is 16.4. The second kappa shape index (κ2) is 6.97. The number of hydrogen-bond donors (Lipinski definition) is 1. The molecule has 24 heavy (non-hydrogen) atoms. The molecule has 0 aliphatic heterocycles. The third kappa shape index (κ3) is 3.54. The Morgan fingerprint density at radius 3 is 2.42 bits per heavy atom. The minimum absolute atomic E-state index is 0.0233. The van der Waals surface area contributed by atoms with Crippen molar-refractivity contribution in [3.05, 3.63) is 71.1 Å². The van der Waals surface area contributed by atoms with Gasteiger partial charge in [-0.2, -0.15) is 0 Å². The van der Waals surface area contributed by atoms with Crippen molar-refractivity contribution in [2.24, 2.45) is 0 Å². The Morgan fingerprint density at radius 2 is 1.67 bits per heavy atom. The summed E-state index contributed by atoms with van der Waals surface area (Å²) in [6, 6.07) is 16.5. The fourth-order valence-electron chi connectivity index (χ4n) is 2.87. The molecule has 1 heterocycles. The lowest BCUT2D eigenvalue weighted by Crippen LogP contribution is -2.23. The maximum Gasteiger partial charge on any atom is 0.247 e. The van der Waals surface area contributed by atoms with Crippen molar-refractivity contribution in [1.29, 1.82) is 0 Å². The van der Waals surface area contributed by atoms with Crippen LogP contribution in [0.1, 0.15) is 48.5 Å². The molecule has 0 saturated carbocycles. The minimum Gasteiger partial charge on any atom is -0.419 e. The number of aromatic nitrogens is 2.